The van der Waals surface area contributed by atoms with Crippen LogP contribution in [0.3, 0.4) is 0 Å². The lowest BCUT2D eigenvalue weighted by Crippen LogP contribution is -2.64. The molecular weight excluding hydrogens is 112 g/mol. The van der Waals surface area contributed by atoms with Crippen LogP contribution < -0.4 is 10.6 Å². The average molecular weight is 126 g/mol. The maximum Gasteiger partial charge on any atom is 0.0687 e. The predicted octanol–water partition coefficient (Wildman–Crippen LogP) is 0.450. The Hall–Kier alpha value is -0.0800. The van der Waals surface area contributed by atoms with Crippen molar-refractivity contribution in [3.63, 3.8) is 0 Å². The van der Waals surface area contributed by atoms with Gasteiger partial charge in [-0.2, -0.15) is 0 Å². The van der Waals surface area contributed by atoms with E-state index in [4.69, 9.17) is 0 Å². The van der Waals surface area contributed by atoms with Gasteiger partial charge in [-0.15, -0.1) is 0 Å². The van der Waals surface area contributed by atoms with Crippen LogP contribution in [-0.4, -0.2) is 18.8 Å². The molecule has 0 aromatic heterocycles. The minimum absolute atomic E-state index is 0.401. The van der Waals surface area contributed by atoms with Crippen LogP contribution in [0.15, 0.2) is 0 Å². The first-order valence-corrected chi connectivity index (χ1v) is 3.91. The molecule has 0 amide bonds. The fourth-order valence-corrected chi connectivity index (χ4v) is 1.69. The number of hydrogen-bond acceptors (Lipinski definition) is 2. The summed E-state index contributed by atoms with van der Waals surface area (Å²) in [5.74, 6) is 0. The van der Waals surface area contributed by atoms with Gasteiger partial charge in [0.2, 0.25) is 0 Å². The van der Waals surface area contributed by atoms with Crippen molar-refractivity contribution in [2.24, 2.45) is 0 Å². The third kappa shape index (κ3) is 0.864. The first kappa shape index (κ1) is 5.69. The van der Waals surface area contributed by atoms with Gasteiger partial charge in [-0.05, 0) is 38.8 Å². The molecule has 52 valence electrons. The molecule has 9 heavy (non-hydrogen) atoms. The highest BCUT2D eigenvalue weighted by atomic mass is 15.2. The lowest BCUT2D eigenvalue weighted by Gasteiger charge is -2.46. The van der Waals surface area contributed by atoms with Gasteiger partial charge in [0.05, 0.1) is 5.66 Å². The van der Waals surface area contributed by atoms with Crippen LogP contribution >= 0.6 is 0 Å². The largest absolute Gasteiger partial charge is 0.299 e. The zero-order valence-electron chi connectivity index (χ0n) is 5.74. The Kier molecular flexibility index (Phi) is 1.24. The van der Waals surface area contributed by atoms with Crippen molar-refractivity contribution in [2.45, 2.75) is 31.3 Å². The van der Waals surface area contributed by atoms with Gasteiger partial charge in [-0.1, -0.05) is 0 Å². The van der Waals surface area contributed by atoms with E-state index in [9.17, 15) is 0 Å². The summed E-state index contributed by atoms with van der Waals surface area (Å²) < 4.78 is 0. The third-order valence-corrected chi connectivity index (χ3v) is 2.49. The second-order valence-electron chi connectivity index (χ2n) is 3.14. The summed E-state index contributed by atoms with van der Waals surface area (Å²) in [6, 6.07) is 0. The van der Waals surface area contributed by atoms with E-state index in [1.807, 2.05) is 0 Å². The van der Waals surface area contributed by atoms with Gasteiger partial charge in [0.1, 0.15) is 0 Å². The minimum atomic E-state index is 0.401. The third-order valence-electron chi connectivity index (χ3n) is 2.49. The van der Waals surface area contributed by atoms with Gasteiger partial charge in [0.25, 0.3) is 0 Å². The lowest BCUT2D eigenvalue weighted by molar-refractivity contribution is 0.115. The molecule has 0 aromatic carbocycles. The van der Waals surface area contributed by atoms with Crippen LogP contribution in [0.2, 0.25) is 0 Å². The highest BCUT2D eigenvalue weighted by Gasteiger charge is 2.36. The van der Waals surface area contributed by atoms with E-state index in [0.717, 1.165) is 0 Å². The molecule has 0 atom stereocenters. The SMILES string of the molecule is C1CNC2(CCC2)NC1. The number of rotatable bonds is 0. The number of nitrogens with one attached hydrogen (secondary N) is 2. The smallest absolute Gasteiger partial charge is 0.0687 e. The van der Waals surface area contributed by atoms with Crippen molar-refractivity contribution in [3.05, 3.63) is 0 Å². The summed E-state index contributed by atoms with van der Waals surface area (Å²) in [6.45, 7) is 2.43. The Labute approximate surface area is 56.0 Å². The predicted molar refractivity (Wildman–Crippen MR) is 37.2 cm³/mol. The summed E-state index contributed by atoms with van der Waals surface area (Å²) in [5, 5.41) is 7.04. The summed E-state index contributed by atoms with van der Waals surface area (Å²) >= 11 is 0. The maximum absolute atomic E-state index is 3.52. The Bertz CT molecular complexity index is 99.5. The fourth-order valence-electron chi connectivity index (χ4n) is 1.69. The Balaban J connectivity index is 1.93. The molecule has 2 rings (SSSR count). The molecule has 0 aromatic rings. The molecule has 1 aliphatic heterocycles. The van der Waals surface area contributed by atoms with Crippen molar-refractivity contribution in [1.82, 2.24) is 10.6 Å². The van der Waals surface area contributed by atoms with E-state index in [-0.39, 0.29) is 0 Å². The molecule has 2 N–H and O–H groups in total. The Morgan fingerprint density at radius 3 is 1.89 bits per heavy atom. The van der Waals surface area contributed by atoms with Gasteiger partial charge in [0, 0.05) is 0 Å². The molecule has 1 saturated carbocycles. The highest BCUT2D eigenvalue weighted by Crippen LogP contribution is 2.29. The molecule has 2 nitrogen and oxygen atoms in total. The quantitative estimate of drug-likeness (QED) is 0.492. The molecule has 1 aliphatic carbocycles. The van der Waals surface area contributed by atoms with Crippen LogP contribution in [-0.2, 0) is 0 Å². The van der Waals surface area contributed by atoms with Crippen LogP contribution in [0.4, 0.5) is 0 Å². The molecule has 1 saturated heterocycles. The lowest BCUT2D eigenvalue weighted by atomic mass is 9.83. The molecule has 1 spiro atoms. The highest BCUT2D eigenvalue weighted by molar-refractivity contribution is 4.95. The standard InChI is InChI=1S/C7H14N2/c1-3-7(4-1)8-5-2-6-9-7/h8-9H,1-6H2. The van der Waals surface area contributed by atoms with E-state index in [1.165, 1.54) is 38.8 Å². The molecule has 2 heteroatoms. The maximum atomic E-state index is 3.52. The Morgan fingerprint density at radius 2 is 1.56 bits per heavy atom. The summed E-state index contributed by atoms with van der Waals surface area (Å²) in [6.07, 6.45) is 5.38. The average Bonchev–Trinajstić information content (AvgIpc) is 1.87. The van der Waals surface area contributed by atoms with Crippen LogP contribution in [0.25, 0.3) is 0 Å². The molecule has 1 heterocycles. The first-order chi connectivity index (χ1) is 4.41. The van der Waals surface area contributed by atoms with Gasteiger partial charge in [-0.25, -0.2) is 0 Å². The minimum Gasteiger partial charge on any atom is -0.299 e. The summed E-state index contributed by atoms with van der Waals surface area (Å²) in [5.41, 5.74) is 0.401. The van der Waals surface area contributed by atoms with Crippen molar-refractivity contribution in [1.29, 1.82) is 0 Å². The normalized spacial score (nSPS) is 32.0. The van der Waals surface area contributed by atoms with Crippen molar-refractivity contribution in [3.8, 4) is 0 Å². The van der Waals surface area contributed by atoms with Gasteiger partial charge in [0.15, 0.2) is 0 Å². The van der Waals surface area contributed by atoms with Crippen molar-refractivity contribution < 1.29 is 0 Å². The van der Waals surface area contributed by atoms with Gasteiger partial charge < -0.3 is 0 Å². The zero-order valence-corrected chi connectivity index (χ0v) is 5.74. The first-order valence-electron chi connectivity index (χ1n) is 3.91. The molecule has 2 aliphatic rings. The van der Waals surface area contributed by atoms with Crippen LogP contribution in [0, 0.1) is 0 Å². The van der Waals surface area contributed by atoms with Crippen molar-refractivity contribution >= 4 is 0 Å². The molecule has 0 unspecified atom stereocenters. The monoisotopic (exact) mass is 126 g/mol. The van der Waals surface area contributed by atoms with E-state index < -0.39 is 0 Å². The van der Waals surface area contributed by atoms with Gasteiger partial charge >= 0.3 is 0 Å². The molecule has 0 bridgehead atoms. The summed E-state index contributed by atoms with van der Waals surface area (Å²) in [4.78, 5) is 0. The van der Waals surface area contributed by atoms with Crippen molar-refractivity contribution in [2.75, 3.05) is 13.1 Å². The number of hydrogen-bond donors (Lipinski definition) is 2. The van der Waals surface area contributed by atoms with Gasteiger partial charge in [-0.3, -0.25) is 10.6 Å². The van der Waals surface area contributed by atoms with Crippen LogP contribution in [0.1, 0.15) is 25.7 Å². The van der Waals surface area contributed by atoms with E-state index in [2.05, 4.69) is 10.6 Å². The van der Waals surface area contributed by atoms with E-state index in [1.54, 1.807) is 0 Å². The summed E-state index contributed by atoms with van der Waals surface area (Å²) in [7, 11) is 0. The molecular formula is C7H14N2. The molecule has 0 radical (unpaired) electrons. The van der Waals surface area contributed by atoms with Crippen LogP contribution in [0.5, 0.6) is 0 Å². The topological polar surface area (TPSA) is 24.1 Å². The fraction of sp³-hybridized carbons (Fsp3) is 1.00. The van der Waals surface area contributed by atoms with E-state index in [0.29, 0.717) is 5.66 Å². The zero-order chi connectivity index (χ0) is 6.16. The second-order valence-corrected chi connectivity index (χ2v) is 3.14. The van der Waals surface area contributed by atoms with E-state index >= 15 is 0 Å². The second kappa shape index (κ2) is 1.96. The molecule has 2 fully saturated rings. The Morgan fingerprint density at radius 1 is 0.889 bits per heavy atom.